The minimum absolute atomic E-state index is 0.382. The number of hydrogen-bond acceptors (Lipinski definition) is 5. The molecule has 1 heterocycles. The molecule has 2 rings (SSSR count). The maximum atomic E-state index is 6.23. The van der Waals surface area contributed by atoms with E-state index in [4.69, 9.17) is 21.1 Å². The molecule has 1 aromatic heterocycles. The Bertz CT molecular complexity index is 573. The molecule has 0 aliphatic rings. The van der Waals surface area contributed by atoms with Gasteiger partial charge >= 0.3 is 0 Å². The standard InChI is InChI=1S/C14H15ClN2O2S/c1-3-5-19-13-11(15)7-10(8-12(13)18-2)9-17-14-16-4-6-20-14/h3-4,6-8H,1,5,9H2,2H3,(H,16,17). The van der Waals surface area contributed by atoms with Crippen molar-refractivity contribution in [2.75, 3.05) is 19.0 Å². The van der Waals surface area contributed by atoms with Crippen LogP contribution >= 0.6 is 22.9 Å². The first-order valence-electron chi connectivity index (χ1n) is 5.98. The molecule has 0 amide bonds. The smallest absolute Gasteiger partial charge is 0.182 e. The first kappa shape index (κ1) is 14.7. The van der Waals surface area contributed by atoms with Gasteiger partial charge in [-0.25, -0.2) is 4.98 Å². The van der Waals surface area contributed by atoms with Crippen molar-refractivity contribution < 1.29 is 9.47 Å². The van der Waals surface area contributed by atoms with Gasteiger partial charge in [-0.1, -0.05) is 24.3 Å². The molecule has 0 aliphatic carbocycles. The highest BCUT2D eigenvalue weighted by Gasteiger charge is 2.11. The van der Waals surface area contributed by atoms with Crippen molar-refractivity contribution in [3.8, 4) is 11.5 Å². The first-order chi connectivity index (χ1) is 9.74. The van der Waals surface area contributed by atoms with Gasteiger partial charge in [0, 0.05) is 18.1 Å². The lowest BCUT2D eigenvalue weighted by atomic mass is 10.2. The van der Waals surface area contributed by atoms with Crippen molar-refractivity contribution >= 4 is 28.1 Å². The molecule has 4 nitrogen and oxygen atoms in total. The fraction of sp³-hybridized carbons (Fsp3) is 0.214. The minimum Gasteiger partial charge on any atom is -0.493 e. The molecule has 0 saturated heterocycles. The van der Waals surface area contributed by atoms with Crippen LogP contribution < -0.4 is 14.8 Å². The van der Waals surface area contributed by atoms with Crippen LogP contribution in [0.2, 0.25) is 5.02 Å². The summed E-state index contributed by atoms with van der Waals surface area (Å²) < 4.78 is 10.8. The van der Waals surface area contributed by atoms with Crippen LogP contribution in [0.5, 0.6) is 11.5 Å². The lowest BCUT2D eigenvalue weighted by Gasteiger charge is -2.13. The zero-order valence-corrected chi connectivity index (χ0v) is 12.6. The molecule has 0 fully saturated rings. The Morgan fingerprint density at radius 2 is 2.35 bits per heavy atom. The van der Waals surface area contributed by atoms with E-state index in [-0.39, 0.29) is 0 Å². The first-order valence-corrected chi connectivity index (χ1v) is 7.24. The average molecular weight is 311 g/mol. The number of methoxy groups -OCH3 is 1. The summed E-state index contributed by atoms with van der Waals surface area (Å²) in [6.45, 7) is 4.61. The van der Waals surface area contributed by atoms with Crippen molar-refractivity contribution in [3.05, 3.63) is 47.0 Å². The summed E-state index contributed by atoms with van der Waals surface area (Å²) in [7, 11) is 1.59. The number of benzene rings is 1. The van der Waals surface area contributed by atoms with E-state index in [2.05, 4.69) is 16.9 Å². The lowest BCUT2D eigenvalue weighted by Crippen LogP contribution is -2.02. The van der Waals surface area contributed by atoms with Crippen molar-refractivity contribution in [1.82, 2.24) is 4.98 Å². The second-order valence-corrected chi connectivity index (χ2v) is 5.20. The number of nitrogens with zero attached hydrogens (tertiary/aromatic N) is 1. The van der Waals surface area contributed by atoms with Crippen LogP contribution in [0.1, 0.15) is 5.56 Å². The van der Waals surface area contributed by atoms with Gasteiger partial charge in [0.1, 0.15) is 6.61 Å². The largest absolute Gasteiger partial charge is 0.493 e. The van der Waals surface area contributed by atoms with Crippen molar-refractivity contribution in [2.45, 2.75) is 6.54 Å². The van der Waals surface area contributed by atoms with Crippen LogP contribution in [0, 0.1) is 0 Å². The van der Waals surface area contributed by atoms with Crippen molar-refractivity contribution in [3.63, 3.8) is 0 Å². The highest BCUT2D eigenvalue weighted by molar-refractivity contribution is 7.13. The molecule has 0 unspecified atom stereocenters. The second-order valence-electron chi connectivity index (χ2n) is 3.90. The van der Waals surface area contributed by atoms with Crippen LogP contribution in [0.3, 0.4) is 0 Å². The highest BCUT2D eigenvalue weighted by Crippen LogP contribution is 2.36. The quantitative estimate of drug-likeness (QED) is 0.786. The topological polar surface area (TPSA) is 43.4 Å². The van der Waals surface area contributed by atoms with E-state index >= 15 is 0 Å². The summed E-state index contributed by atoms with van der Waals surface area (Å²) in [4.78, 5) is 4.16. The molecule has 1 aromatic carbocycles. The van der Waals surface area contributed by atoms with Gasteiger partial charge in [-0.2, -0.15) is 0 Å². The second kappa shape index (κ2) is 7.17. The van der Waals surface area contributed by atoms with E-state index in [0.717, 1.165) is 10.7 Å². The Labute approximate surface area is 127 Å². The predicted octanol–water partition coefficient (Wildman–Crippen LogP) is 3.98. The van der Waals surface area contributed by atoms with Gasteiger partial charge in [0.2, 0.25) is 0 Å². The van der Waals surface area contributed by atoms with E-state index in [9.17, 15) is 0 Å². The van der Waals surface area contributed by atoms with Gasteiger partial charge in [0.15, 0.2) is 16.6 Å². The normalized spacial score (nSPS) is 10.1. The Morgan fingerprint density at radius 3 is 3.00 bits per heavy atom. The molecule has 20 heavy (non-hydrogen) atoms. The fourth-order valence-electron chi connectivity index (χ4n) is 1.65. The number of halogens is 1. The number of hydrogen-bond donors (Lipinski definition) is 1. The van der Waals surface area contributed by atoms with Crippen LogP contribution in [0.15, 0.2) is 36.4 Å². The number of rotatable bonds is 7. The minimum atomic E-state index is 0.382. The molecule has 2 aromatic rings. The highest BCUT2D eigenvalue weighted by atomic mass is 35.5. The van der Waals surface area contributed by atoms with Crippen LogP contribution in [0.4, 0.5) is 5.13 Å². The van der Waals surface area contributed by atoms with Crippen molar-refractivity contribution in [1.29, 1.82) is 0 Å². The summed E-state index contributed by atoms with van der Waals surface area (Å²) in [6.07, 6.45) is 3.42. The summed E-state index contributed by atoms with van der Waals surface area (Å²) in [6, 6.07) is 3.74. The number of nitrogens with one attached hydrogen (secondary N) is 1. The fourth-order valence-corrected chi connectivity index (χ4v) is 2.46. The Morgan fingerprint density at radius 1 is 1.50 bits per heavy atom. The molecule has 0 radical (unpaired) electrons. The van der Waals surface area contributed by atoms with Crippen LogP contribution in [-0.4, -0.2) is 18.7 Å². The molecular weight excluding hydrogens is 296 g/mol. The molecule has 1 N–H and O–H groups in total. The Balaban J connectivity index is 2.14. The molecule has 0 spiro atoms. The molecule has 0 saturated carbocycles. The SMILES string of the molecule is C=CCOc1c(Cl)cc(CNc2nccs2)cc1OC. The maximum Gasteiger partial charge on any atom is 0.182 e. The predicted molar refractivity (Wildman–Crippen MR) is 83.1 cm³/mol. The third-order valence-electron chi connectivity index (χ3n) is 2.51. The van der Waals surface area contributed by atoms with Crippen LogP contribution in [-0.2, 0) is 6.54 Å². The van der Waals surface area contributed by atoms with E-state index < -0.39 is 0 Å². The molecule has 0 atom stereocenters. The van der Waals surface area contributed by atoms with Crippen molar-refractivity contribution in [2.24, 2.45) is 0 Å². The summed E-state index contributed by atoms with van der Waals surface area (Å²) in [5.41, 5.74) is 0.994. The molecule has 0 bridgehead atoms. The Kier molecular flexibility index (Phi) is 5.26. The van der Waals surface area contributed by atoms with Gasteiger partial charge < -0.3 is 14.8 Å². The van der Waals surface area contributed by atoms with Gasteiger partial charge in [0.05, 0.1) is 12.1 Å². The van der Waals surface area contributed by atoms with E-state index in [1.165, 1.54) is 0 Å². The van der Waals surface area contributed by atoms with Gasteiger partial charge in [0.25, 0.3) is 0 Å². The zero-order chi connectivity index (χ0) is 14.4. The van der Waals surface area contributed by atoms with Gasteiger partial charge in [-0.15, -0.1) is 11.3 Å². The molecule has 6 heteroatoms. The Hall–Kier alpha value is -1.72. The third-order valence-corrected chi connectivity index (χ3v) is 3.52. The third kappa shape index (κ3) is 3.65. The summed E-state index contributed by atoms with van der Waals surface area (Å²) >= 11 is 7.78. The number of aromatic nitrogens is 1. The maximum absolute atomic E-state index is 6.23. The van der Waals surface area contributed by atoms with Gasteiger partial charge in [-0.3, -0.25) is 0 Å². The average Bonchev–Trinajstić information content (AvgIpc) is 2.96. The zero-order valence-electron chi connectivity index (χ0n) is 11.1. The molecule has 0 aliphatic heterocycles. The number of anilines is 1. The van der Waals surface area contributed by atoms with Gasteiger partial charge in [-0.05, 0) is 17.7 Å². The van der Waals surface area contributed by atoms with E-state index in [0.29, 0.717) is 29.7 Å². The number of thiazole rings is 1. The summed E-state index contributed by atoms with van der Waals surface area (Å²) in [5, 5.41) is 6.52. The molecule has 106 valence electrons. The number of ether oxygens (including phenoxy) is 2. The van der Waals surface area contributed by atoms with E-state index in [1.54, 1.807) is 30.7 Å². The lowest BCUT2D eigenvalue weighted by molar-refractivity contribution is 0.326. The monoisotopic (exact) mass is 310 g/mol. The van der Waals surface area contributed by atoms with Crippen LogP contribution in [0.25, 0.3) is 0 Å². The van der Waals surface area contributed by atoms with E-state index in [1.807, 2.05) is 17.5 Å². The summed E-state index contributed by atoms with van der Waals surface area (Å²) in [5.74, 6) is 1.14. The molecular formula is C14H15ClN2O2S.